The summed E-state index contributed by atoms with van der Waals surface area (Å²) in [6.07, 6.45) is 1.59. The number of benzene rings is 1. The fraction of sp³-hybridized carbons (Fsp3) is 0.316. The zero-order valence-electron chi connectivity index (χ0n) is 14.5. The van der Waals surface area contributed by atoms with E-state index in [9.17, 15) is 9.59 Å². The molecule has 0 bridgehead atoms. The van der Waals surface area contributed by atoms with Crippen molar-refractivity contribution in [2.75, 3.05) is 49.6 Å². The molecule has 0 spiro atoms. The number of aromatic nitrogens is 1. The van der Waals surface area contributed by atoms with Crippen LogP contribution in [0.5, 0.6) is 0 Å². The molecule has 2 amide bonds. The molecule has 1 aromatic carbocycles. The molecule has 0 atom stereocenters. The summed E-state index contributed by atoms with van der Waals surface area (Å²) in [5.74, 6) is 0.0400. The van der Waals surface area contributed by atoms with Crippen LogP contribution >= 0.6 is 0 Å². The molecule has 1 aliphatic rings. The highest BCUT2D eigenvalue weighted by Gasteiger charge is 2.21. The van der Waals surface area contributed by atoms with E-state index in [0.29, 0.717) is 18.9 Å². The largest absolute Gasteiger partial charge is 0.368 e. The quantitative estimate of drug-likeness (QED) is 0.848. The molecule has 2 aromatic rings. The molecule has 136 valence electrons. The van der Waals surface area contributed by atoms with E-state index in [4.69, 9.17) is 4.74 Å². The zero-order valence-corrected chi connectivity index (χ0v) is 14.5. The van der Waals surface area contributed by atoms with Gasteiger partial charge >= 0.3 is 0 Å². The second-order valence-corrected chi connectivity index (χ2v) is 5.96. The Hall–Kier alpha value is -2.93. The van der Waals surface area contributed by atoms with Gasteiger partial charge in [-0.05, 0) is 24.3 Å². The first-order valence-corrected chi connectivity index (χ1v) is 8.59. The molecule has 1 aliphatic heterocycles. The lowest BCUT2D eigenvalue weighted by Crippen LogP contribution is -2.49. The molecule has 26 heavy (non-hydrogen) atoms. The molecule has 0 radical (unpaired) electrons. The van der Waals surface area contributed by atoms with Crippen LogP contribution in [0, 0.1) is 0 Å². The van der Waals surface area contributed by atoms with Gasteiger partial charge in [0.15, 0.2) is 0 Å². The van der Waals surface area contributed by atoms with Gasteiger partial charge in [-0.25, -0.2) is 4.98 Å². The second kappa shape index (κ2) is 8.96. The van der Waals surface area contributed by atoms with E-state index in [-0.39, 0.29) is 25.0 Å². The van der Waals surface area contributed by atoms with E-state index < -0.39 is 0 Å². The molecule has 2 heterocycles. The maximum Gasteiger partial charge on any atom is 0.251 e. The Labute approximate surface area is 152 Å². The van der Waals surface area contributed by atoms with Crippen LogP contribution in [0.2, 0.25) is 0 Å². The van der Waals surface area contributed by atoms with Crippen LogP contribution in [-0.4, -0.2) is 61.1 Å². The van der Waals surface area contributed by atoms with Crippen molar-refractivity contribution in [3.8, 4) is 0 Å². The predicted molar refractivity (Wildman–Crippen MR) is 98.9 cm³/mol. The van der Waals surface area contributed by atoms with Crippen molar-refractivity contribution in [1.82, 2.24) is 9.88 Å². The highest BCUT2D eigenvalue weighted by molar-refractivity contribution is 5.90. The number of para-hydroxylation sites is 1. The molecule has 1 fully saturated rings. The summed E-state index contributed by atoms with van der Waals surface area (Å²) in [6.45, 7) is 2.60. The highest BCUT2D eigenvalue weighted by atomic mass is 16.5. The van der Waals surface area contributed by atoms with Gasteiger partial charge in [0.2, 0.25) is 5.91 Å². The van der Waals surface area contributed by atoms with Crippen LogP contribution < -0.4 is 10.2 Å². The van der Waals surface area contributed by atoms with Crippen LogP contribution in [-0.2, 0) is 14.3 Å². The SMILES string of the molecule is O=C(COCC(=O)N1CCN(c2ccccc2)CC1)Nc1ccccn1. The summed E-state index contributed by atoms with van der Waals surface area (Å²) in [7, 11) is 0. The number of rotatable bonds is 6. The number of carbonyl (C=O) groups is 2. The van der Waals surface area contributed by atoms with E-state index in [0.717, 1.165) is 13.1 Å². The average Bonchev–Trinajstić information content (AvgIpc) is 2.69. The van der Waals surface area contributed by atoms with Gasteiger partial charge in [0.25, 0.3) is 5.91 Å². The molecule has 0 aliphatic carbocycles. The lowest BCUT2D eigenvalue weighted by Gasteiger charge is -2.36. The molecular formula is C19H22N4O3. The molecule has 7 nitrogen and oxygen atoms in total. The number of ether oxygens (including phenoxy) is 1. The standard InChI is InChI=1S/C19H22N4O3/c24-18(21-17-8-4-5-9-20-17)14-26-15-19(25)23-12-10-22(11-13-23)16-6-2-1-3-7-16/h1-9H,10-15H2,(H,20,21,24). The molecule has 7 heteroatoms. The van der Waals surface area contributed by atoms with Crippen molar-refractivity contribution >= 4 is 23.3 Å². The van der Waals surface area contributed by atoms with E-state index in [2.05, 4.69) is 27.3 Å². The van der Waals surface area contributed by atoms with E-state index in [1.807, 2.05) is 18.2 Å². The van der Waals surface area contributed by atoms with E-state index in [1.54, 1.807) is 29.3 Å². The van der Waals surface area contributed by atoms with Crippen LogP contribution in [0.3, 0.4) is 0 Å². The molecule has 0 saturated carbocycles. The summed E-state index contributed by atoms with van der Waals surface area (Å²) in [4.78, 5) is 32.0. The molecule has 1 N–H and O–H groups in total. The Bertz CT molecular complexity index is 716. The minimum atomic E-state index is -0.328. The predicted octanol–water partition coefficient (Wildman–Crippen LogP) is 1.39. The number of hydrogen-bond acceptors (Lipinski definition) is 5. The maximum atomic E-state index is 12.2. The van der Waals surface area contributed by atoms with E-state index in [1.165, 1.54) is 5.69 Å². The van der Waals surface area contributed by atoms with Gasteiger partial charge in [0.1, 0.15) is 19.0 Å². The number of nitrogens with one attached hydrogen (secondary N) is 1. The van der Waals surface area contributed by atoms with Crippen molar-refractivity contribution in [3.05, 3.63) is 54.7 Å². The molecule has 1 saturated heterocycles. The topological polar surface area (TPSA) is 74.8 Å². The van der Waals surface area contributed by atoms with Gasteiger partial charge < -0.3 is 19.9 Å². The maximum absolute atomic E-state index is 12.2. The van der Waals surface area contributed by atoms with Crippen molar-refractivity contribution in [2.24, 2.45) is 0 Å². The van der Waals surface area contributed by atoms with Crippen LogP contribution in [0.15, 0.2) is 54.7 Å². The normalized spacial score (nSPS) is 14.2. The smallest absolute Gasteiger partial charge is 0.251 e. The number of anilines is 2. The number of amides is 2. The minimum absolute atomic E-state index is 0.0941. The summed E-state index contributed by atoms with van der Waals surface area (Å²) in [6, 6.07) is 15.4. The summed E-state index contributed by atoms with van der Waals surface area (Å²) in [5, 5.41) is 2.61. The molecule has 0 unspecified atom stereocenters. The summed E-state index contributed by atoms with van der Waals surface area (Å²) in [5.41, 5.74) is 1.17. The highest BCUT2D eigenvalue weighted by Crippen LogP contribution is 2.15. The van der Waals surface area contributed by atoms with Gasteiger partial charge in [-0.15, -0.1) is 0 Å². The van der Waals surface area contributed by atoms with Gasteiger partial charge in [-0.3, -0.25) is 9.59 Å². The third kappa shape index (κ3) is 5.03. The van der Waals surface area contributed by atoms with Crippen LogP contribution in [0.4, 0.5) is 11.5 Å². The Balaban J connectivity index is 1.36. The Morgan fingerprint density at radius 3 is 2.38 bits per heavy atom. The van der Waals surface area contributed by atoms with Crippen molar-refractivity contribution in [3.63, 3.8) is 0 Å². The average molecular weight is 354 g/mol. The molecule has 1 aromatic heterocycles. The number of pyridine rings is 1. The summed E-state index contributed by atoms with van der Waals surface area (Å²) >= 11 is 0. The Morgan fingerprint density at radius 2 is 1.69 bits per heavy atom. The minimum Gasteiger partial charge on any atom is -0.368 e. The third-order valence-electron chi connectivity index (χ3n) is 4.14. The van der Waals surface area contributed by atoms with Gasteiger partial charge in [0.05, 0.1) is 0 Å². The third-order valence-corrected chi connectivity index (χ3v) is 4.14. The molecule has 3 rings (SSSR count). The number of piperazine rings is 1. The zero-order chi connectivity index (χ0) is 18.2. The number of nitrogens with zero attached hydrogens (tertiary/aromatic N) is 3. The first-order valence-electron chi connectivity index (χ1n) is 8.59. The summed E-state index contributed by atoms with van der Waals surface area (Å²) < 4.78 is 5.25. The van der Waals surface area contributed by atoms with E-state index >= 15 is 0 Å². The van der Waals surface area contributed by atoms with Crippen molar-refractivity contribution in [1.29, 1.82) is 0 Å². The van der Waals surface area contributed by atoms with Crippen molar-refractivity contribution < 1.29 is 14.3 Å². The lowest BCUT2D eigenvalue weighted by molar-refractivity contribution is -0.137. The Kier molecular flexibility index (Phi) is 6.16. The number of carbonyl (C=O) groups excluding carboxylic acids is 2. The second-order valence-electron chi connectivity index (χ2n) is 5.96. The van der Waals surface area contributed by atoms with Crippen molar-refractivity contribution in [2.45, 2.75) is 0 Å². The van der Waals surface area contributed by atoms with Crippen LogP contribution in [0.25, 0.3) is 0 Å². The Morgan fingerprint density at radius 1 is 0.962 bits per heavy atom. The number of hydrogen-bond donors (Lipinski definition) is 1. The first-order chi connectivity index (χ1) is 12.7. The fourth-order valence-corrected chi connectivity index (χ4v) is 2.79. The van der Waals surface area contributed by atoms with Gasteiger partial charge in [0, 0.05) is 38.1 Å². The fourth-order valence-electron chi connectivity index (χ4n) is 2.79. The van der Waals surface area contributed by atoms with Gasteiger partial charge in [-0.1, -0.05) is 24.3 Å². The first kappa shape index (κ1) is 17.9. The van der Waals surface area contributed by atoms with Gasteiger partial charge in [-0.2, -0.15) is 0 Å². The van der Waals surface area contributed by atoms with Crippen LogP contribution in [0.1, 0.15) is 0 Å². The molecular weight excluding hydrogens is 332 g/mol. The lowest BCUT2D eigenvalue weighted by atomic mass is 10.2. The monoisotopic (exact) mass is 354 g/mol.